The summed E-state index contributed by atoms with van der Waals surface area (Å²) >= 11 is 0. The normalized spacial score (nSPS) is 19.2. The molecule has 14 nitrogen and oxygen atoms in total. The third kappa shape index (κ3) is 10.2. The number of carbonyl (C=O) groups excluding carboxylic acids is 5. The van der Waals surface area contributed by atoms with E-state index in [9.17, 15) is 24.0 Å². The Hall–Kier alpha value is -5.76. The standard InChI is InChI=1S/C40H49N7O7/c1-24(2)36-39(51)41-14-16-54-30-12-10-27(11-13-30)19-33(44-37(49)29-18-25(3)26(4)42-22-29)38(50)45-34(20-28-21-43-32-9-7-6-8-31(28)32)40(52)47(15-17-53-5)23-35(48)46-36/h6-13,18,21-22,24,33-34,36,43H,14-17,19-20,23H2,1-5H3,(H,41,51)(H,44,49)(H,45,50)(H,46,48)/t33-,34-,36-/m0/s1. The highest BCUT2D eigenvalue weighted by atomic mass is 16.5. The second-order valence-electron chi connectivity index (χ2n) is 13.8. The Morgan fingerprint density at radius 1 is 1.04 bits per heavy atom. The molecule has 3 atom stereocenters. The number of benzene rings is 2. The van der Waals surface area contributed by atoms with Crippen molar-refractivity contribution >= 4 is 40.4 Å². The van der Waals surface area contributed by atoms with Crippen molar-refractivity contribution in [3.63, 3.8) is 0 Å². The molecule has 0 radical (unpaired) electrons. The molecule has 2 bridgehead atoms. The molecule has 0 aliphatic carbocycles. The maximum absolute atomic E-state index is 14.6. The Balaban J connectivity index is 1.53. The van der Waals surface area contributed by atoms with E-state index >= 15 is 0 Å². The van der Waals surface area contributed by atoms with Gasteiger partial charge in [0.2, 0.25) is 23.6 Å². The van der Waals surface area contributed by atoms with Crippen LogP contribution in [0.15, 0.2) is 67.0 Å². The van der Waals surface area contributed by atoms with Crippen LogP contribution in [0.25, 0.3) is 10.9 Å². The molecule has 4 heterocycles. The summed E-state index contributed by atoms with van der Waals surface area (Å²) in [6, 6.07) is 13.2. The summed E-state index contributed by atoms with van der Waals surface area (Å²) in [5, 5.41) is 12.3. The average Bonchev–Trinajstić information content (AvgIpc) is 3.56. The fourth-order valence-corrected chi connectivity index (χ4v) is 6.24. The van der Waals surface area contributed by atoms with Crippen LogP contribution in [0.1, 0.15) is 46.6 Å². The van der Waals surface area contributed by atoms with Crippen molar-refractivity contribution in [2.75, 3.05) is 40.0 Å². The summed E-state index contributed by atoms with van der Waals surface area (Å²) in [5.41, 5.74) is 4.23. The topological polar surface area (TPSA) is 184 Å². The molecule has 2 aromatic heterocycles. The van der Waals surface area contributed by atoms with Crippen LogP contribution in [-0.4, -0.2) is 102 Å². The van der Waals surface area contributed by atoms with E-state index in [0.29, 0.717) is 5.75 Å². The van der Waals surface area contributed by atoms with E-state index in [4.69, 9.17) is 9.47 Å². The first-order valence-corrected chi connectivity index (χ1v) is 18.1. The van der Waals surface area contributed by atoms with Gasteiger partial charge in [0.05, 0.1) is 25.3 Å². The highest BCUT2D eigenvalue weighted by molar-refractivity contribution is 5.99. The number of nitrogens with one attached hydrogen (secondary N) is 5. The van der Waals surface area contributed by atoms with Gasteiger partial charge in [-0.1, -0.05) is 44.2 Å². The molecule has 286 valence electrons. The number of amides is 5. The van der Waals surface area contributed by atoms with Gasteiger partial charge in [0.1, 0.15) is 30.5 Å². The molecule has 5 N–H and O–H groups in total. The number of hydrogen-bond acceptors (Lipinski definition) is 8. The summed E-state index contributed by atoms with van der Waals surface area (Å²) in [4.78, 5) is 78.1. The number of aryl methyl sites for hydroxylation is 2. The van der Waals surface area contributed by atoms with Gasteiger partial charge in [0, 0.05) is 55.5 Å². The number of hydrogen-bond donors (Lipinski definition) is 5. The molecule has 4 aromatic rings. The van der Waals surface area contributed by atoms with Crippen molar-refractivity contribution in [2.45, 2.75) is 58.7 Å². The lowest BCUT2D eigenvalue weighted by atomic mass is 10.0. The van der Waals surface area contributed by atoms with Gasteiger partial charge in [0.15, 0.2) is 0 Å². The summed E-state index contributed by atoms with van der Waals surface area (Å²) in [6.45, 7) is 7.43. The van der Waals surface area contributed by atoms with E-state index in [1.54, 1.807) is 36.5 Å². The van der Waals surface area contributed by atoms with Gasteiger partial charge in [0.25, 0.3) is 5.91 Å². The van der Waals surface area contributed by atoms with Crippen molar-refractivity contribution in [2.24, 2.45) is 5.92 Å². The SMILES string of the molecule is COCCN1CC(=O)N[C@@H](C(C)C)C(=O)NCCOc2ccc(cc2)C[C@H](NC(=O)c2cnc(C)c(C)c2)C(=O)N[C@@H](Cc2c[nH]c3ccccc23)C1=O. The monoisotopic (exact) mass is 739 g/mol. The van der Waals surface area contributed by atoms with Crippen LogP contribution in [0.5, 0.6) is 5.75 Å². The zero-order chi connectivity index (χ0) is 38.8. The number of ether oxygens (including phenoxy) is 2. The average molecular weight is 740 g/mol. The van der Waals surface area contributed by atoms with Gasteiger partial charge in [-0.2, -0.15) is 0 Å². The van der Waals surface area contributed by atoms with Crippen LogP contribution in [0.2, 0.25) is 0 Å². The molecule has 0 saturated heterocycles. The van der Waals surface area contributed by atoms with Gasteiger partial charge in [-0.3, -0.25) is 29.0 Å². The molecule has 14 heteroatoms. The number of carbonyl (C=O) groups is 5. The number of rotatable bonds is 8. The fourth-order valence-electron chi connectivity index (χ4n) is 6.24. The number of aromatic nitrogens is 2. The van der Waals surface area contributed by atoms with Crippen LogP contribution < -0.4 is 26.0 Å². The first-order chi connectivity index (χ1) is 25.9. The van der Waals surface area contributed by atoms with E-state index in [2.05, 4.69) is 31.2 Å². The van der Waals surface area contributed by atoms with Crippen molar-refractivity contribution in [3.8, 4) is 5.75 Å². The number of para-hydroxylation sites is 1. The van der Waals surface area contributed by atoms with Gasteiger partial charge in [-0.25, -0.2) is 0 Å². The van der Waals surface area contributed by atoms with Crippen LogP contribution >= 0.6 is 0 Å². The lowest BCUT2D eigenvalue weighted by Crippen LogP contribution is -2.58. The Kier molecular flexibility index (Phi) is 13.4. The van der Waals surface area contributed by atoms with Crippen molar-refractivity contribution < 1.29 is 33.4 Å². The molecule has 0 saturated carbocycles. The maximum Gasteiger partial charge on any atom is 0.253 e. The smallest absolute Gasteiger partial charge is 0.253 e. The van der Waals surface area contributed by atoms with Crippen LogP contribution in [-0.2, 0) is 36.8 Å². The van der Waals surface area contributed by atoms with Crippen molar-refractivity contribution in [1.82, 2.24) is 36.1 Å². The minimum atomic E-state index is -1.16. The van der Waals surface area contributed by atoms with Gasteiger partial charge < -0.3 is 40.6 Å². The third-order valence-corrected chi connectivity index (χ3v) is 9.45. The Labute approximate surface area is 314 Å². The fraction of sp³-hybridized carbons (Fsp3) is 0.400. The van der Waals surface area contributed by atoms with Gasteiger partial charge >= 0.3 is 0 Å². The number of aromatic amines is 1. The Morgan fingerprint density at radius 3 is 2.52 bits per heavy atom. The molecule has 2 aliphatic rings. The third-order valence-electron chi connectivity index (χ3n) is 9.45. The number of H-pyrrole nitrogens is 1. The predicted octanol–water partition coefficient (Wildman–Crippen LogP) is 2.37. The lowest BCUT2D eigenvalue weighted by Gasteiger charge is -2.30. The largest absolute Gasteiger partial charge is 0.492 e. The zero-order valence-corrected chi connectivity index (χ0v) is 31.4. The minimum Gasteiger partial charge on any atom is -0.492 e. The van der Waals surface area contributed by atoms with Crippen LogP contribution in [0.4, 0.5) is 0 Å². The van der Waals surface area contributed by atoms with E-state index < -0.39 is 48.3 Å². The van der Waals surface area contributed by atoms with Crippen LogP contribution in [0, 0.1) is 19.8 Å². The second-order valence-corrected chi connectivity index (χ2v) is 13.8. The number of pyridine rings is 1. The molecule has 2 aromatic carbocycles. The van der Waals surface area contributed by atoms with Gasteiger partial charge in [-0.05, 0) is 60.7 Å². The van der Waals surface area contributed by atoms with Crippen LogP contribution in [0.3, 0.4) is 0 Å². The summed E-state index contributed by atoms with van der Waals surface area (Å²) in [6.07, 6.45) is 3.41. The maximum atomic E-state index is 14.6. The molecule has 54 heavy (non-hydrogen) atoms. The lowest BCUT2D eigenvalue weighted by molar-refractivity contribution is -0.141. The molecule has 5 amide bonds. The quantitative estimate of drug-likeness (QED) is 0.171. The van der Waals surface area contributed by atoms with Gasteiger partial charge in [-0.15, -0.1) is 0 Å². The number of nitrogens with zero attached hydrogens (tertiary/aromatic N) is 2. The summed E-state index contributed by atoms with van der Waals surface area (Å²) in [7, 11) is 1.48. The van der Waals surface area contributed by atoms with E-state index in [1.807, 2.05) is 52.0 Å². The predicted molar refractivity (Wildman–Crippen MR) is 203 cm³/mol. The highest BCUT2D eigenvalue weighted by Gasteiger charge is 2.33. The molecule has 0 unspecified atom stereocenters. The summed E-state index contributed by atoms with van der Waals surface area (Å²) in [5.74, 6) is -2.28. The van der Waals surface area contributed by atoms with Crippen molar-refractivity contribution in [1.29, 1.82) is 0 Å². The summed E-state index contributed by atoms with van der Waals surface area (Å²) < 4.78 is 11.1. The van der Waals surface area contributed by atoms with E-state index in [1.165, 1.54) is 18.2 Å². The first kappa shape index (κ1) is 39.4. The molecule has 0 fully saturated rings. The first-order valence-electron chi connectivity index (χ1n) is 18.1. The Morgan fingerprint density at radius 2 is 1.80 bits per heavy atom. The molecule has 2 aliphatic heterocycles. The minimum absolute atomic E-state index is 0.0329. The molecular formula is C40H49N7O7. The highest BCUT2D eigenvalue weighted by Crippen LogP contribution is 2.21. The molecule has 0 spiro atoms. The molecule has 6 rings (SSSR count). The van der Waals surface area contributed by atoms with E-state index in [0.717, 1.165) is 33.3 Å². The second kappa shape index (κ2) is 18.3. The number of fused-ring (bicyclic) bond motifs is 18. The van der Waals surface area contributed by atoms with E-state index in [-0.39, 0.29) is 56.5 Å². The van der Waals surface area contributed by atoms with Crippen molar-refractivity contribution in [3.05, 3.63) is 94.9 Å². The number of methoxy groups -OCH3 is 1. The Bertz CT molecular complexity index is 1960. The zero-order valence-electron chi connectivity index (χ0n) is 31.4. The molecular weight excluding hydrogens is 690 g/mol.